The molecule has 0 spiro atoms. The van der Waals surface area contributed by atoms with Gasteiger partial charge in [-0.15, -0.1) is 0 Å². The zero-order valence-electron chi connectivity index (χ0n) is 19.2. The second-order valence-electron chi connectivity index (χ2n) is 8.15. The first kappa shape index (κ1) is 24.0. The van der Waals surface area contributed by atoms with Gasteiger partial charge >= 0.3 is 5.97 Å². The van der Waals surface area contributed by atoms with Crippen molar-refractivity contribution in [3.63, 3.8) is 0 Å². The summed E-state index contributed by atoms with van der Waals surface area (Å²) in [5.74, 6) is -0.353. The molecule has 0 unspecified atom stereocenters. The molecule has 2 aromatic carbocycles. The molecule has 2 aliphatic rings. The first-order valence-corrected chi connectivity index (χ1v) is 12.7. The molecular formula is C24H28N2O7S. The van der Waals surface area contributed by atoms with Crippen LogP contribution in [0, 0.1) is 5.92 Å². The van der Waals surface area contributed by atoms with Gasteiger partial charge in [0, 0.05) is 13.1 Å². The molecule has 2 heterocycles. The lowest BCUT2D eigenvalue weighted by atomic mass is 9.97. The summed E-state index contributed by atoms with van der Waals surface area (Å²) >= 11 is 0. The van der Waals surface area contributed by atoms with Crippen LogP contribution < -0.4 is 14.4 Å². The number of esters is 1. The molecule has 0 aliphatic carbocycles. The van der Waals surface area contributed by atoms with Crippen LogP contribution in [0.15, 0.2) is 53.4 Å². The normalized spacial score (nSPS) is 20.7. The van der Waals surface area contributed by atoms with Crippen LogP contribution >= 0.6 is 0 Å². The van der Waals surface area contributed by atoms with Crippen LogP contribution in [-0.4, -0.2) is 64.1 Å². The van der Waals surface area contributed by atoms with Gasteiger partial charge < -0.3 is 19.1 Å². The molecule has 9 nitrogen and oxygen atoms in total. The summed E-state index contributed by atoms with van der Waals surface area (Å²) in [6.45, 7) is 2.75. The van der Waals surface area contributed by atoms with E-state index in [2.05, 4.69) is 0 Å². The Kier molecular flexibility index (Phi) is 7.08. The third-order valence-electron chi connectivity index (χ3n) is 6.01. The van der Waals surface area contributed by atoms with Gasteiger partial charge in [-0.05, 0) is 56.2 Å². The van der Waals surface area contributed by atoms with Crippen LogP contribution in [0.5, 0.6) is 11.5 Å². The second-order valence-corrected chi connectivity index (χ2v) is 10.1. The summed E-state index contributed by atoms with van der Waals surface area (Å²) in [6.07, 6.45) is 0.159. The molecular weight excluding hydrogens is 460 g/mol. The number of methoxy groups -OCH3 is 1. The number of rotatable bonds is 6. The Balaban J connectivity index is 1.54. The SMILES string of the molecule is CCOc1ccc(S(=O)(=O)N2CCC[C@H](C(=O)N3C[C@@H](C(=O)OC)Oc4ccccc43)C2)cc1. The highest BCUT2D eigenvalue weighted by molar-refractivity contribution is 7.89. The average Bonchev–Trinajstić information content (AvgIpc) is 2.87. The van der Waals surface area contributed by atoms with Crippen molar-refractivity contribution in [2.45, 2.75) is 30.8 Å². The van der Waals surface area contributed by atoms with Gasteiger partial charge in [0.05, 0.1) is 36.8 Å². The summed E-state index contributed by atoms with van der Waals surface area (Å²) < 4.78 is 43.8. The maximum absolute atomic E-state index is 13.6. The summed E-state index contributed by atoms with van der Waals surface area (Å²) in [7, 11) is -2.50. The molecule has 0 aromatic heterocycles. The highest BCUT2D eigenvalue weighted by Gasteiger charge is 2.40. The molecule has 34 heavy (non-hydrogen) atoms. The molecule has 10 heteroatoms. The van der Waals surface area contributed by atoms with Gasteiger partial charge in [0.15, 0.2) is 0 Å². The van der Waals surface area contributed by atoms with E-state index >= 15 is 0 Å². The van der Waals surface area contributed by atoms with Gasteiger partial charge in [0.1, 0.15) is 11.5 Å². The molecule has 2 aromatic rings. The first-order valence-electron chi connectivity index (χ1n) is 11.2. The van der Waals surface area contributed by atoms with E-state index < -0.39 is 28.0 Å². The minimum absolute atomic E-state index is 0.00462. The van der Waals surface area contributed by atoms with Crippen molar-refractivity contribution in [3.05, 3.63) is 48.5 Å². The molecule has 1 fully saturated rings. The van der Waals surface area contributed by atoms with E-state index in [9.17, 15) is 18.0 Å². The fraction of sp³-hybridized carbons (Fsp3) is 0.417. The fourth-order valence-electron chi connectivity index (χ4n) is 4.30. The Bertz CT molecular complexity index is 1150. The Morgan fingerprint density at radius 3 is 2.53 bits per heavy atom. The number of amides is 1. The van der Waals surface area contributed by atoms with Crippen molar-refractivity contribution in [2.24, 2.45) is 5.92 Å². The van der Waals surface area contributed by atoms with E-state index in [1.807, 2.05) is 6.92 Å². The molecule has 1 amide bonds. The van der Waals surface area contributed by atoms with Crippen molar-refractivity contribution < 1.29 is 32.2 Å². The number of hydrogen-bond donors (Lipinski definition) is 0. The molecule has 0 bridgehead atoms. The third kappa shape index (κ3) is 4.74. The Labute approximate surface area is 199 Å². The summed E-state index contributed by atoms with van der Waals surface area (Å²) in [4.78, 5) is 27.4. The zero-order chi connectivity index (χ0) is 24.3. The minimum Gasteiger partial charge on any atom is -0.494 e. The van der Waals surface area contributed by atoms with Crippen LogP contribution in [0.3, 0.4) is 0 Å². The third-order valence-corrected chi connectivity index (χ3v) is 7.89. The monoisotopic (exact) mass is 488 g/mol. The number of hydrogen-bond acceptors (Lipinski definition) is 7. The number of benzene rings is 2. The number of ether oxygens (including phenoxy) is 3. The largest absolute Gasteiger partial charge is 0.494 e. The number of sulfonamides is 1. The first-order chi connectivity index (χ1) is 16.3. The van der Waals surface area contributed by atoms with Gasteiger partial charge in [0.25, 0.3) is 0 Å². The predicted octanol–water partition coefficient (Wildman–Crippen LogP) is 2.45. The molecule has 2 atom stereocenters. The van der Waals surface area contributed by atoms with E-state index in [0.717, 1.165) is 0 Å². The molecule has 1 saturated heterocycles. The van der Waals surface area contributed by atoms with Gasteiger partial charge in [-0.2, -0.15) is 4.31 Å². The van der Waals surface area contributed by atoms with E-state index in [0.29, 0.717) is 43.2 Å². The maximum Gasteiger partial charge on any atom is 0.348 e. The maximum atomic E-state index is 13.6. The Morgan fingerprint density at radius 1 is 1.09 bits per heavy atom. The van der Waals surface area contributed by atoms with Crippen molar-refractivity contribution in [3.8, 4) is 11.5 Å². The van der Waals surface area contributed by atoms with Crippen molar-refractivity contribution in [1.29, 1.82) is 0 Å². The molecule has 0 saturated carbocycles. The number of fused-ring (bicyclic) bond motifs is 1. The topological polar surface area (TPSA) is 102 Å². The second kappa shape index (κ2) is 10.0. The number of carbonyl (C=O) groups is 2. The van der Waals surface area contributed by atoms with Crippen LogP contribution in [0.4, 0.5) is 5.69 Å². The molecule has 2 aliphatic heterocycles. The summed E-state index contributed by atoms with van der Waals surface area (Å²) in [5, 5.41) is 0. The quantitative estimate of drug-likeness (QED) is 0.576. The van der Waals surface area contributed by atoms with E-state index in [-0.39, 0.29) is 23.9 Å². The lowest BCUT2D eigenvalue weighted by molar-refractivity contribution is -0.148. The van der Waals surface area contributed by atoms with Gasteiger partial charge in [-0.25, -0.2) is 13.2 Å². The number of carbonyl (C=O) groups excluding carboxylic acids is 2. The Morgan fingerprint density at radius 2 is 1.82 bits per heavy atom. The van der Waals surface area contributed by atoms with E-state index in [1.54, 1.807) is 36.4 Å². The van der Waals surface area contributed by atoms with E-state index in [4.69, 9.17) is 14.2 Å². The standard InChI is InChI=1S/C24H28N2O7S/c1-3-32-18-10-12-19(13-11-18)34(29,30)25-14-6-7-17(15-25)23(27)26-16-22(24(28)31-2)33-21-9-5-4-8-20(21)26/h4-5,8-13,17,22H,3,6-7,14-16H2,1-2H3/t17-,22-/m0/s1. The summed E-state index contributed by atoms with van der Waals surface area (Å²) in [6, 6.07) is 13.3. The van der Waals surface area contributed by atoms with Gasteiger partial charge in [0.2, 0.25) is 22.0 Å². The lowest BCUT2D eigenvalue weighted by Crippen LogP contribution is -2.52. The highest BCUT2D eigenvalue weighted by Crippen LogP contribution is 2.36. The van der Waals surface area contributed by atoms with Gasteiger partial charge in [-0.3, -0.25) is 4.79 Å². The number of piperidine rings is 1. The zero-order valence-corrected chi connectivity index (χ0v) is 20.0. The molecule has 0 N–H and O–H groups in total. The summed E-state index contributed by atoms with van der Waals surface area (Å²) in [5.41, 5.74) is 0.555. The molecule has 4 rings (SSSR count). The van der Waals surface area contributed by atoms with Crippen molar-refractivity contribution in [2.75, 3.05) is 38.3 Å². The average molecular weight is 489 g/mol. The van der Waals surface area contributed by atoms with Crippen LogP contribution in [0.1, 0.15) is 19.8 Å². The number of para-hydroxylation sites is 2. The number of anilines is 1. The fourth-order valence-corrected chi connectivity index (χ4v) is 5.83. The predicted molar refractivity (Wildman–Crippen MR) is 124 cm³/mol. The van der Waals surface area contributed by atoms with Crippen LogP contribution in [-0.2, 0) is 24.3 Å². The molecule has 182 valence electrons. The lowest BCUT2D eigenvalue weighted by Gasteiger charge is -2.38. The minimum atomic E-state index is -3.77. The Hall–Kier alpha value is -3.11. The van der Waals surface area contributed by atoms with Crippen LogP contribution in [0.25, 0.3) is 0 Å². The number of nitrogens with zero attached hydrogens (tertiary/aromatic N) is 2. The van der Waals surface area contributed by atoms with Gasteiger partial charge in [-0.1, -0.05) is 12.1 Å². The highest BCUT2D eigenvalue weighted by atomic mass is 32.2. The molecule has 0 radical (unpaired) electrons. The van der Waals surface area contributed by atoms with Crippen molar-refractivity contribution in [1.82, 2.24) is 4.31 Å². The van der Waals surface area contributed by atoms with Crippen LogP contribution in [0.2, 0.25) is 0 Å². The smallest absolute Gasteiger partial charge is 0.348 e. The van der Waals surface area contributed by atoms with E-state index in [1.165, 1.54) is 28.4 Å². The van der Waals surface area contributed by atoms with Crippen molar-refractivity contribution >= 4 is 27.6 Å².